The quantitative estimate of drug-likeness (QED) is 0.332. The third kappa shape index (κ3) is 5.03. The first-order valence-corrected chi connectivity index (χ1v) is 10.6. The molecule has 0 aliphatic carbocycles. The molecule has 0 atom stereocenters. The highest BCUT2D eigenvalue weighted by Crippen LogP contribution is 2.28. The minimum Gasteiger partial charge on any atom is -0.462 e. The lowest BCUT2D eigenvalue weighted by atomic mass is 10.2. The topological polar surface area (TPSA) is 111 Å². The monoisotopic (exact) mass is 448 g/mol. The van der Waals surface area contributed by atoms with Crippen molar-refractivity contribution in [1.82, 2.24) is 19.6 Å². The maximum atomic E-state index is 12.3. The summed E-state index contributed by atoms with van der Waals surface area (Å²) in [5.74, 6) is 0.158. The number of fused-ring (bicyclic) bond motifs is 1. The van der Waals surface area contributed by atoms with Gasteiger partial charge in [-0.25, -0.2) is 14.6 Å². The summed E-state index contributed by atoms with van der Waals surface area (Å²) in [5.41, 5.74) is 2.50. The summed E-state index contributed by atoms with van der Waals surface area (Å²) in [6.45, 7) is 3.97. The van der Waals surface area contributed by atoms with Crippen molar-refractivity contribution in [3.8, 4) is 0 Å². The van der Waals surface area contributed by atoms with Gasteiger partial charge in [0.1, 0.15) is 11.4 Å². The summed E-state index contributed by atoms with van der Waals surface area (Å²) < 4.78 is 6.63. The highest BCUT2D eigenvalue weighted by Gasteiger charge is 2.09. The molecule has 0 unspecified atom stereocenters. The molecule has 4 rings (SSSR count). The third-order valence-electron chi connectivity index (χ3n) is 4.34. The number of nitrogens with zero attached hydrogens (tertiary/aromatic N) is 4. The molecule has 2 amide bonds. The number of amides is 2. The van der Waals surface area contributed by atoms with Gasteiger partial charge in [0, 0.05) is 22.0 Å². The van der Waals surface area contributed by atoms with Gasteiger partial charge < -0.3 is 15.4 Å². The van der Waals surface area contributed by atoms with E-state index in [4.69, 9.17) is 4.74 Å². The second kappa shape index (κ2) is 9.48. The van der Waals surface area contributed by atoms with E-state index in [0.717, 1.165) is 15.6 Å². The number of carbonyl (C=O) groups is 2. The van der Waals surface area contributed by atoms with Crippen molar-refractivity contribution in [1.29, 1.82) is 0 Å². The predicted molar refractivity (Wildman–Crippen MR) is 121 cm³/mol. The maximum Gasteiger partial charge on any atom is 0.338 e. The number of hydrogen-bond acceptors (Lipinski definition) is 7. The van der Waals surface area contributed by atoms with Crippen molar-refractivity contribution in [3.05, 3.63) is 72.2 Å². The maximum absolute atomic E-state index is 12.3. The first-order valence-electron chi connectivity index (χ1n) is 9.82. The third-order valence-corrected chi connectivity index (χ3v) is 5.34. The van der Waals surface area contributed by atoms with Crippen LogP contribution in [0.1, 0.15) is 23.0 Å². The largest absolute Gasteiger partial charge is 0.462 e. The molecule has 9 nitrogen and oxygen atoms in total. The number of ether oxygens (including phenoxy) is 1. The number of benzene rings is 2. The summed E-state index contributed by atoms with van der Waals surface area (Å²) in [4.78, 5) is 33.4. The molecular formula is C22H20N6O3S. The van der Waals surface area contributed by atoms with Crippen LogP contribution >= 0.6 is 11.8 Å². The summed E-state index contributed by atoms with van der Waals surface area (Å²) in [6, 6.07) is 15.5. The average molecular weight is 449 g/mol. The normalized spacial score (nSPS) is 10.7. The second-order valence-corrected chi connectivity index (χ2v) is 7.80. The van der Waals surface area contributed by atoms with Crippen LogP contribution in [0, 0.1) is 6.92 Å². The molecule has 0 aliphatic heterocycles. The Balaban J connectivity index is 1.36. The average Bonchev–Trinajstić information content (AvgIpc) is 3.24. The number of nitrogens with one attached hydrogen (secondary N) is 2. The van der Waals surface area contributed by atoms with Crippen molar-refractivity contribution in [2.24, 2.45) is 0 Å². The van der Waals surface area contributed by atoms with E-state index in [1.807, 2.05) is 37.3 Å². The molecule has 32 heavy (non-hydrogen) atoms. The van der Waals surface area contributed by atoms with Crippen LogP contribution in [-0.4, -0.2) is 38.2 Å². The Morgan fingerprint density at radius 2 is 1.69 bits per heavy atom. The molecule has 2 N–H and O–H groups in total. The molecule has 2 heterocycles. The van der Waals surface area contributed by atoms with E-state index >= 15 is 0 Å². The number of esters is 1. The molecule has 0 bridgehead atoms. The molecule has 0 spiro atoms. The molecule has 0 radical (unpaired) electrons. The SMILES string of the molecule is CCOC(=O)c1ccc(NC(=O)Nc2ccc(Sc3cc(C)nc4ncnn34)cc2)cc1. The van der Waals surface area contributed by atoms with Crippen LogP contribution in [0.25, 0.3) is 5.78 Å². The Morgan fingerprint density at radius 3 is 2.34 bits per heavy atom. The van der Waals surface area contributed by atoms with Gasteiger partial charge in [0.25, 0.3) is 5.78 Å². The number of rotatable bonds is 6. The van der Waals surface area contributed by atoms with E-state index in [1.54, 1.807) is 35.7 Å². The van der Waals surface area contributed by atoms with Gasteiger partial charge in [0.2, 0.25) is 0 Å². The molecule has 4 aromatic rings. The Labute approximate surface area is 188 Å². The van der Waals surface area contributed by atoms with Crippen LogP contribution in [0.2, 0.25) is 0 Å². The molecule has 0 saturated heterocycles. The van der Waals surface area contributed by atoms with Gasteiger partial charge in [-0.2, -0.15) is 14.6 Å². The predicted octanol–water partition coefficient (Wildman–Crippen LogP) is 4.40. The van der Waals surface area contributed by atoms with Gasteiger partial charge in [0.05, 0.1) is 12.2 Å². The van der Waals surface area contributed by atoms with Gasteiger partial charge in [-0.3, -0.25) is 0 Å². The molecular weight excluding hydrogens is 428 g/mol. The van der Waals surface area contributed by atoms with E-state index in [-0.39, 0.29) is 6.03 Å². The fraction of sp³-hybridized carbons (Fsp3) is 0.136. The number of aromatic nitrogens is 4. The van der Waals surface area contributed by atoms with Crippen LogP contribution in [0.3, 0.4) is 0 Å². The zero-order valence-electron chi connectivity index (χ0n) is 17.4. The zero-order chi connectivity index (χ0) is 22.5. The van der Waals surface area contributed by atoms with Gasteiger partial charge >= 0.3 is 12.0 Å². The molecule has 162 valence electrons. The first kappa shape index (κ1) is 21.3. The Hall–Kier alpha value is -3.92. The van der Waals surface area contributed by atoms with Crippen molar-refractivity contribution in [3.63, 3.8) is 0 Å². The van der Waals surface area contributed by atoms with Crippen molar-refractivity contribution in [2.45, 2.75) is 23.8 Å². The Bertz CT molecular complexity index is 1260. The summed E-state index contributed by atoms with van der Waals surface area (Å²) in [5, 5.41) is 10.6. The minimum atomic E-state index is -0.395. The van der Waals surface area contributed by atoms with Gasteiger partial charge in [-0.1, -0.05) is 11.8 Å². The number of aryl methyl sites for hydroxylation is 1. The molecule has 2 aromatic carbocycles. The lowest BCUT2D eigenvalue weighted by molar-refractivity contribution is 0.0526. The van der Waals surface area contributed by atoms with Crippen LogP contribution in [0.5, 0.6) is 0 Å². The molecule has 2 aromatic heterocycles. The van der Waals surface area contributed by atoms with E-state index in [1.165, 1.54) is 18.1 Å². The fourth-order valence-electron chi connectivity index (χ4n) is 2.89. The molecule has 0 saturated carbocycles. The van der Waals surface area contributed by atoms with E-state index < -0.39 is 5.97 Å². The highest BCUT2D eigenvalue weighted by atomic mass is 32.2. The van der Waals surface area contributed by atoms with Crippen LogP contribution in [0.4, 0.5) is 16.2 Å². The number of carbonyl (C=O) groups excluding carboxylic acids is 2. The Kier molecular flexibility index (Phi) is 6.31. The van der Waals surface area contributed by atoms with Gasteiger partial charge in [0.15, 0.2) is 0 Å². The van der Waals surface area contributed by atoms with Gasteiger partial charge in [-0.15, -0.1) is 0 Å². The highest BCUT2D eigenvalue weighted by molar-refractivity contribution is 7.99. The first-order chi connectivity index (χ1) is 15.5. The molecule has 10 heteroatoms. The summed E-state index contributed by atoms with van der Waals surface area (Å²) in [7, 11) is 0. The lowest BCUT2D eigenvalue weighted by Gasteiger charge is -2.09. The number of urea groups is 1. The fourth-order valence-corrected chi connectivity index (χ4v) is 3.85. The van der Waals surface area contributed by atoms with Crippen molar-refractivity contribution < 1.29 is 14.3 Å². The smallest absolute Gasteiger partial charge is 0.338 e. The summed E-state index contributed by atoms with van der Waals surface area (Å²) >= 11 is 1.53. The van der Waals surface area contributed by atoms with E-state index in [0.29, 0.717) is 29.3 Å². The van der Waals surface area contributed by atoms with Gasteiger partial charge in [-0.05, 0) is 68.4 Å². The lowest BCUT2D eigenvalue weighted by Crippen LogP contribution is -2.19. The zero-order valence-corrected chi connectivity index (χ0v) is 18.2. The van der Waals surface area contributed by atoms with Crippen LogP contribution in [0.15, 0.2) is 70.8 Å². The molecule has 0 fully saturated rings. The number of anilines is 2. The number of hydrogen-bond donors (Lipinski definition) is 2. The van der Waals surface area contributed by atoms with E-state index in [9.17, 15) is 9.59 Å². The van der Waals surface area contributed by atoms with Crippen LogP contribution < -0.4 is 10.6 Å². The second-order valence-electron chi connectivity index (χ2n) is 6.71. The van der Waals surface area contributed by atoms with Crippen molar-refractivity contribution in [2.75, 3.05) is 17.2 Å². The minimum absolute atomic E-state index is 0.311. The molecule has 0 aliphatic rings. The summed E-state index contributed by atoms with van der Waals surface area (Å²) in [6.07, 6.45) is 1.47. The van der Waals surface area contributed by atoms with Crippen molar-refractivity contribution >= 4 is 40.9 Å². The Morgan fingerprint density at radius 1 is 1.03 bits per heavy atom. The standard InChI is InChI=1S/C22H20N6O3S/c1-3-31-20(29)15-4-6-16(7-5-15)26-22(30)27-17-8-10-18(11-9-17)32-19-12-14(2)25-21-23-13-24-28(19)21/h4-13H,3H2,1-2H3,(H2,26,27,30). The van der Waals surface area contributed by atoms with Crippen LogP contribution in [-0.2, 0) is 4.74 Å². The van der Waals surface area contributed by atoms with E-state index in [2.05, 4.69) is 25.7 Å².